The van der Waals surface area contributed by atoms with Crippen LogP contribution in [0.5, 0.6) is 0 Å². The molecule has 1 aliphatic heterocycles. The second-order valence-corrected chi connectivity index (χ2v) is 6.97. The van der Waals surface area contributed by atoms with Gasteiger partial charge in [0.15, 0.2) is 0 Å². The molecule has 1 aromatic rings. The molecule has 0 saturated carbocycles. The molecule has 10 heteroatoms. The van der Waals surface area contributed by atoms with Crippen molar-refractivity contribution in [3.63, 3.8) is 0 Å². The fourth-order valence-electron chi connectivity index (χ4n) is 2.11. The van der Waals surface area contributed by atoms with Gasteiger partial charge in [0.2, 0.25) is 5.91 Å². The van der Waals surface area contributed by atoms with Crippen molar-refractivity contribution < 1.29 is 19.1 Å². The third kappa shape index (κ3) is 5.30. The Bertz CT molecular complexity index is 811. The number of hydrogen-bond donors (Lipinski definition) is 1. The van der Waals surface area contributed by atoms with E-state index in [2.05, 4.69) is 15.3 Å². The van der Waals surface area contributed by atoms with Crippen molar-refractivity contribution in [3.8, 4) is 0 Å². The number of nitrogens with one attached hydrogen (secondary N) is 1. The largest absolute Gasteiger partial charge is 0.465 e. The zero-order valence-corrected chi connectivity index (χ0v) is 16.2. The first-order valence-corrected chi connectivity index (χ1v) is 9.28. The summed E-state index contributed by atoms with van der Waals surface area (Å²) in [6.45, 7) is 3.40. The topological polar surface area (TPSA) is 97.2 Å². The van der Waals surface area contributed by atoms with Crippen molar-refractivity contribution >= 4 is 69.3 Å². The predicted octanol–water partition coefficient (Wildman–Crippen LogP) is 3.84. The molecule has 26 heavy (non-hydrogen) atoms. The van der Waals surface area contributed by atoms with E-state index >= 15 is 0 Å². The second kappa shape index (κ2) is 9.16. The molecule has 0 aliphatic carbocycles. The number of halogens is 2. The first kappa shape index (κ1) is 20.4. The predicted molar refractivity (Wildman–Crippen MR) is 104 cm³/mol. The molecule has 138 valence electrons. The number of ether oxygens (including phenoxy) is 1. The fraction of sp³-hybridized carbons (Fsp3) is 0.312. The van der Waals surface area contributed by atoms with Gasteiger partial charge >= 0.3 is 12.0 Å². The minimum atomic E-state index is -0.889. The molecule has 0 spiro atoms. The maximum absolute atomic E-state index is 12.2. The monoisotopic (exact) mass is 415 g/mol. The first-order valence-electron chi connectivity index (χ1n) is 7.54. The zero-order valence-electron chi connectivity index (χ0n) is 13.9. The number of esters is 1. The van der Waals surface area contributed by atoms with Crippen LogP contribution >= 0.6 is 35.0 Å². The molecular weight excluding hydrogens is 401 g/mol. The summed E-state index contributed by atoms with van der Waals surface area (Å²) in [6.07, 6.45) is 0. The van der Waals surface area contributed by atoms with Gasteiger partial charge in [-0.2, -0.15) is 9.98 Å². The van der Waals surface area contributed by atoms with Crippen molar-refractivity contribution in [2.24, 2.45) is 15.9 Å². The number of carbonyl (C=O) groups excluding carboxylic acids is 3. The van der Waals surface area contributed by atoms with E-state index in [-0.39, 0.29) is 23.1 Å². The Kier molecular flexibility index (Phi) is 7.19. The Labute approximate surface area is 164 Å². The molecule has 1 atom stereocenters. The molecule has 1 aliphatic rings. The summed E-state index contributed by atoms with van der Waals surface area (Å²) in [6, 6.07) is 3.96. The van der Waals surface area contributed by atoms with Crippen LogP contribution in [0, 0.1) is 5.92 Å². The standard InChI is InChI=1S/C16H15Cl2N3O4S/c1-3-25-15(23)13-8(2)19-16(24)21-14(13)26-7-12(22)20-11-6-9(17)4-5-10(11)18/h4-6,13H,3,7H2,1-2H3,(H,20,22). The molecule has 7 nitrogen and oxygen atoms in total. The third-order valence-corrected chi connectivity index (χ3v) is 4.81. The maximum Gasteiger partial charge on any atom is 0.367 e. The molecular formula is C16H15Cl2N3O4S. The van der Waals surface area contributed by atoms with Crippen molar-refractivity contribution in [2.75, 3.05) is 17.7 Å². The van der Waals surface area contributed by atoms with Gasteiger partial charge in [0, 0.05) is 10.7 Å². The summed E-state index contributed by atoms with van der Waals surface area (Å²) in [5, 5.41) is 3.56. The lowest BCUT2D eigenvalue weighted by molar-refractivity contribution is -0.143. The van der Waals surface area contributed by atoms with Gasteiger partial charge in [-0.25, -0.2) is 4.79 Å². The van der Waals surface area contributed by atoms with Crippen LogP contribution in [0.3, 0.4) is 0 Å². The van der Waals surface area contributed by atoms with Crippen molar-refractivity contribution in [1.82, 2.24) is 0 Å². The Morgan fingerprint density at radius 1 is 1.31 bits per heavy atom. The van der Waals surface area contributed by atoms with Crippen LogP contribution in [0.25, 0.3) is 0 Å². The lowest BCUT2D eigenvalue weighted by atomic mass is 10.1. The van der Waals surface area contributed by atoms with Gasteiger partial charge in [0.1, 0.15) is 5.92 Å². The minimum absolute atomic E-state index is 0.0852. The first-order chi connectivity index (χ1) is 12.3. The van der Waals surface area contributed by atoms with Crippen LogP contribution < -0.4 is 5.32 Å². The van der Waals surface area contributed by atoms with Gasteiger partial charge in [0.05, 0.1) is 28.1 Å². The Balaban J connectivity index is 2.06. The van der Waals surface area contributed by atoms with Crippen LogP contribution in [0.15, 0.2) is 28.2 Å². The average molecular weight is 416 g/mol. The minimum Gasteiger partial charge on any atom is -0.465 e. The summed E-state index contributed by atoms with van der Waals surface area (Å²) in [5.74, 6) is -1.93. The number of carbonyl (C=O) groups is 3. The number of aliphatic imine (C=N–C) groups is 2. The van der Waals surface area contributed by atoms with E-state index in [1.54, 1.807) is 26.0 Å². The van der Waals surface area contributed by atoms with E-state index in [4.69, 9.17) is 27.9 Å². The summed E-state index contributed by atoms with van der Waals surface area (Å²) in [5.41, 5.74) is 0.648. The molecule has 0 bridgehead atoms. The average Bonchev–Trinajstić information content (AvgIpc) is 2.56. The molecule has 1 unspecified atom stereocenters. The number of amides is 3. The van der Waals surface area contributed by atoms with E-state index < -0.39 is 23.8 Å². The van der Waals surface area contributed by atoms with Crippen LogP contribution in [-0.4, -0.2) is 41.0 Å². The van der Waals surface area contributed by atoms with Crippen LogP contribution in [0.4, 0.5) is 10.5 Å². The zero-order chi connectivity index (χ0) is 19.3. The second-order valence-electron chi connectivity index (χ2n) is 5.13. The van der Waals surface area contributed by atoms with Crippen molar-refractivity contribution in [2.45, 2.75) is 13.8 Å². The third-order valence-electron chi connectivity index (χ3n) is 3.22. The summed E-state index contributed by atoms with van der Waals surface area (Å²) < 4.78 is 4.99. The Morgan fingerprint density at radius 3 is 2.73 bits per heavy atom. The fourth-order valence-corrected chi connectivity index (χ4v) is 3.37. The normalized spacial score (nSPS) is 16.6. The number of nitrogens with zero attached hydrogens (tertiary/aromatic N) is 2. The number of thioether (sulfide) groups is 1. The number of hydrogen-bond acceptors (Lipinski definition) is 5. The van der Waals surface area contributed by atoms with Crippen molar-refractivity contribution in [3.05, 3.63) is 28.2 Å². The smallest absolute Gasteiger partial charge is 0.367 e. The van der Waals surface area contributed by atoms with Gasteiger partial charge in [0.25, 0.3) is 0 Å². The van der Waals surface area contributed by atoms with Gasteiger partial charge in [-0.1, -0.05) is 35.0 Å². The van der Waals surface area contributed by atoms with Crippen molar-refractivity contribution in [1.29, 1.82) is 0 Å². The van der Waals surface area contributed by atoms with E-state index in [0.29, 0.717) is 15.7 Å². The molecule has 1 aromatic carbocycles. The van der Waals surface area contributed by atoms with Gasteiger partial charge in [-0.05, 0) is 32.0 Å². The molecule has 3 amide bonds. The van der Waals surface area contributed by atoms with E-state index in [1.807, 2.05) is 0 Å². The van der Waals surface area contributed by atoms with Crippen LogP contribution in [0.1, 0.15) is 13.8 Å². The Hall–Kier alpha value is -1.90. The van der Waals surface area contributed by atoms with E-state index in [1.165, 1.54) is 6.07 Å². The number of rotatable bonds is 5. The highest BCUT2D eigenvalue weighted by Crippen LogP contribution is 2.26. The number of urea groups is 1. The quantitative estimate of drug-likeness (QED) is 0.736. The Morgan fingerprint density at radius 2 is 2.04 bits per heavy atom. The number of benzene rings is 1. The van der Waals surface area contributed by atoms with Gasteiger partial charge < -0.3 is 10.1 Å². The molecule has 1 heterocycles. The SMILES string of the molecule is CCOC(=O)C1C(C)=NC(=O)N=C1SCC(=O)Nc1cc(Cl)ccc1Cl. The highest BCUT2D eigenvalue weighted by atomic mass is 35.5. The molecule has 0 aromatic heterocycles. The van der Waals surface area contributed by atoms with E-state index in [0.717, 1.165) is 11.8 Å². The summed E-state index contributed by atoms with van der Waals surface area (Å²) in [7, 11) is 0. The highest BCUT2D eigenvalue weighted by Gasteiger charge is 2.33. The maximum atomic E-state index is 12.2. The van der Waals surface area contributed by atoms with Crippen LogP contribution in [0.2, 0.25) is 10.0 Å². The van der Waals surface area contributed by atoms with Crippen LogP contribution in [-0.2, 0) is 14.3 Å². The molecule has 2 rings (SSSR count). The summed E-state index contributed by atoms with van der Waals surface area (Å²) >= 11 is 12.8. The molecule has 0 fully saturated rings. The lowest BCUT2D eigenvalue weighted by Gasteiger charge is -2.19. The van der Waals surface area contributed by atoms with Gasteiger partial charge in [-0.15, -0.1) is 0 Å². The highest BCUT2D eigenvalue weighted by molar-refractivity contribution is 8.14. The number of anilines is 1. The lowest BCUT2D eigenvalue weighted by Crippen LogP contribution is -2.34. The van der Waals surface area contributed by atoms with E-state index in [9.17, 15) is 14.4 Å². The molecule has 1 N–H and O–H groups in total. The van der Waals surface area contributed by atoms with Gasteiger partial charge in [-0.3, -0.25) is 9.59 Å². The molecule has 0 radical (unpaired) electrons. The molecule has 0 saturated heterocycles. The summed E-state index contributed by atoms with van der Waals surface area (Å²) in [4.78, 5) is 43.3.